The van der Waals surface area contributed by atoms with Gasteiger partial charge in [-0.25, -0.2) is 0 Å². The Morgan fingerprint density at radius 3 is 2.19 bits per heavy atom. The Hall–Kier alpha value is -1.59. The van der Waals surface area contributed by atoms with Gasteiger partial charge >= 0.3 is 0 Å². The van der Waals surface area contributed by atoms with Crippen LogP contribution in [-0.2, 0) is 4.79 Å². The van der Waals surface area contributed by atoms with Gasteiger partial charge in [-0.2, -0.15) is 10.5 Å². The van der Waals surface area contributed by atoms with Gasteiger partial charge < -0.3 is 10.6 Å². The molecule has 0 bridgehead atoms. The molecule has 1 fully saturated rings. The summed E-state index contributed by atoms with van der Waals surface area (Å²) in [5.74, 6) is -0.131. The molecule has 1 aliphatic rings. The van der Waals surface area contributed by atoms with E-state index in [0.717, 1.165) is 19.3 Å². The van der Waals surface area contributed by atoms with Crippen LogP contribution in [0, 0.1) is 28.1 Å². The van der Waals surface area contributed by atoms with Crippen LogP contribution in [0.25, 0.3) is 0 Å². The molecule has 1 saturated carbocycles. The zero-order valence-corrected chi connectivity index (χ0v) is 9.28. The summed E-state index contributed by atoms with van der Waals surface area (Å²) < 4.78 is 0. The van der Waals surface area contributed by atoms with Crippen LogP contribution in [0.2, 0.25) is 0 Å². The van der Waals surface area contributed by atoms with Crippen molar-refractivity contribution >= 4 is 5.91 Å². The van der Waals surface area contributed by atoms with Crippen LogP contribution in [0.15, 0.2) is 0 Å². The summed E-state index contributed by atoms with van der Waals surface area (Å²) in [5, 5.41) is 17.1. The summed E-state index contributed by atoms with van der Waals surface area (Å²) in [5.41, 5.74) is 5.60. The zero-order valence-electron chi connectivity index (χ0n) is 9.28. The number of nitrogens with zero attached hydrogens (tertiary/aromatic N) is 3. The molecular weight excluding hydrogens is 204 g/mol. The van der Waals surface area contributed by atoms with Gasteiger partial charge in [-0.05, 0) is 24.8 Å². The van der Waals surface area contributed by atoms with Gasteiger partial charge in [-0.15, -0.1) is 0 Å². The minimum atomic E-state index is -0.131. The SMILES string of the molecule is N#CCN(CC#N)C(=O)CC1(CN)CCC1. The Morgan fingerprint density at radius 1 is 1.31 bits per heavy atom. The van der Waals surface area contributed by atoms with Crippen molar-refractivity contribution in [1.29, 1.82) is 10.5 Å². The van der Waals surface area contributed by atoms with Crippen molar-refractivity contribution in [2.45, 2.75) is 25.7 Å². The highest BCUT2D eigenvalue weighted by atomic mass is 16.2. The van der Waals surface area contributed by atoms with Crippen molar-refractivity contribution in [2.24, 2.45) is 11.1 Å². The number of amides is 1. The summed E-state index contributed by atoms with van der Waals surface area (Å²) in [6.45, 7) is 0.464. The molecule has 2 N–H and O–H groups in total. The molecule has 5 nitrogen and oxygen atoms in total. The lowest BCUT2D eigenvalue weighted by Crippen LogP contribution is -2.43. The van der Waals surface area contributed by atoms with Crippen molar-refractivity contribution < 1.29 is 4.79 Å². The number of hydrogen-bond donors (Lipinski definition) is 1. The lowest BCUT2D eigenvalue weighted by molar-refractivity contribution is -0.133. The number of carbonyl (C=O) groups is 1. The maximum atomic E-state index is 11.9. The number of nitriles is 2. The highest BCUT2D eigenvalue weighted by Crippen LogP contribution is 2.43. The molecule has 0 aromatic rings. The van der Waals surface area contributed by atoms with E-state index in [0.29, 0.717) is 13.0 Å². The fraction of sp³-hybridized carbons (Fsp3) is 0.727. The molecule has 5 heteroatoms. The molecule has 0 spiro atoms. The van der Waals surface area contributed by atoms with Gasteiger partial charge in [0.25, 0.3) is 0 Å². The molecule has 0 aromatic carbocycles. The summed E-state index contributed by atoms with van der Waals surface area (Å²) in [4.78, 5) is 13.1. The van der Waals surface area contributed by atoms with Crippen molar-refractivity contribution in [2.75, 3.05) is 19.6 Å². The van der Waals surface area contributed by atoms with Gasteiger partial charge in [0.05, 0.1) is 12.1 Å². The summed E-state index contributed by atoms with van der Waals surface area (Å²) in [6, 6.07) is 3.79. The Balaban J connectivity index is 2.55. The topological polar surface area (TPSA) is 93.9 Å². The largest absolute Gasteiger partial charge is 0.330 e. The van der Waals surface area contributed by atoms with E-state index in [4.69, 9.17) is 16.3 Å². The monoisotopic (exact) mass is 220 g/mol. The van der Waals surface area contributed by atoms with Crippen LogP contribution in [-0.4, -0.2) is 30.4 Å². The smallest absolute Gasteiger partial charge is 0.224 e. The molecule has 86 valence electrons. The molecule has 1 aliphatic carbocycles. The predicted molar refractivity (Wildman–Crippen MR) is 57.8 cm³/mol. The molecule has 0 aromatic heterocycles. The lowest BCUT2D eigenvalue weighted by Gasteiger charge is -2.41. The van der Waals surface area contributed by atoms with Crippen LogP contribution in [0.5, 0.6) is 0 Å². The standard InChI is InChI=1S/C11H16N4O/c12-4-6-15(7-5-13)10(16)8-11(9-14)2-1-3-11/h1-3,6-9,14H2. The van der Waals surface area contributed by atoms with Gasteiger partial charge in [0, 0.05) is 6.42 Å². The fourth-order valence-electron chi connectivity index (χ4n) is 1.97. The van der Waals surface area contributed by atoms with E-state index in [-0.39, 0.29) is 24.4 Å². The molecular formula is C11H16N4O. The van der Waals surface area contributed by atoms with E-state index >= 15 is 0 Å². The van der Waals surface area contributed by atoms with Crippen LogP contribution in [0.4, 0.5) is 0 Å². The fourth-order valence-corrected chi connectivity index (χ4v) is 1.97. The first-order valence-electron chi connectivity index (χ1n) is 5.39. The Bertz CT molecular complexity index is 313. The maximum absolute atomic E-state index is 11.9. The predicted octanol–water partition coefficient (Wildman–Crippen LogP) is 0.381. The Morgan fingerprint density at radius 2 is 1.88 bits per heavy atom. The summed E-state index contributed by atoms with van der Waals surface area (Å²) >= 11 is 0. The Labute approximate surface area is 95.4 Å². The first-order valence-corrected chi connectivity index (χ1v) is 5.39. The Kier molecular flexibility index (Phi) is 4.28. The van der Waals surface area contributed by atoms with E-state index in [1.54, 1.807) is 0 Å². The van der Waals surface area contributed by atoms with Crippen molar-refractivity contribution in [3.8, 4) is 12.1 Å². The van der Waals surface area contributed by atoms with Crippen molar-refractivity contribution in [1.82, 2.24) is 4.90 Å². The molecule has 0 atom stereocenters. The van der Waals surface area contributed by atoms with E-state index in [1.807, 2.05) is 12.1 Å². The number of carbonyl (C=O) groups excluding carboxylic acids is 1. The number of rotatable bonds is 5. The number of nitrogens with two attached hydrogens (primary N) is 1. The van der Waals surface area contributed by atoms with E-state index in [9.17, 15) is 4.79 Å². The van der Waals surface area contributed by atoms with Gasteiger partial charge in [-0.3, -0.25) is 4.79 Å². The maximum Gasteiger partial charge on any atom is 0.224 e. The third kappa shape index (κ3) is 2.71. The van der Waals surface area contributed by atoms with E-state index in [1.165, 1.54) is 4.90 Å². The van der Waals surface area contributed by atoms with Gasteiger partial charge in [0.1, 0.15) is 13.1 Å². The molecule has 1 rings (SSSR count). The van der Waals surface area contributed by atoms with Crippen LogP contribution in [0.3, 0.4) is 0 Å². The van der Waals surface area contributed by atoms with Crippen molar-refractivity contribution in [3.63, 3.8) is 0 Å². The minimum Gasteiger partial charge on any atom is -0.330 e. The third-order valence-electron chi connectivity index (χ3n) is 3.25. The van der Waals surface area contributed by atoms with Crippen LogP contribution in [0.1, 0.15) is 25.7 Å². The average Bonchev–Trinajstić information content (AvgIpc) is 2.23. The second-order valence-corrected chi connectivity index (χ2v) is 4.30. The highest BCUT2D eigenvalue weighted by Gasteiger charge is 2.38. The molecule has 0 aliphatic heterocycles. The quantitative estimate of drug-likeness (QED) is 0.678. The molecule has 0 saturated heterocycles. The first kappa shape index (κ1) is 12.5. The lowest BCUT2D eigenvalue weighted by atomic mass is 9.66. The van der Waals surface area contributed by atoms with Gasteiger partial charge in [0.15, 0.2) is 0 Å². The average molecular weight is 220 g/mol. The normalized spacial score (nSPS) is 16.7. The van der Waals surface area contributed by atoms with Crippen LogP contribution < -0.4 is 5.73 Å². The van der Waals surface area contributed by atoms with Crippen molar-refractivity contribution in [3.05, 3.63) is 0 Å². The molecule has 0 radical (unpaired) electrons. The molecule has 16 heavy (non-hydrogen) atoms. The summed E-state index contributed by atoms with van der Waals surface area (Å²) in [7, 11) is 0. The van der Waals surface area contributed by atoms with Gasteiger partial charge in [0.2, 0.25) is 5.91 Å². The first-order chi connectivity index (χ1) is 7.67. The third-order valence-corrected chi connectivity index (χ3v) is 3.25. The minimum absolute atomic E-state index is 0.0208. The summed E-state index contributed by atoms with van der Waals surface area (Å²) in [6.07, 6.45) is 3.43. The molecule has 0 heterocycles. The number of hydrogen-bond acceptors (Lipinski definition) is 4. The zero-order chi connectivity index (χ0) is 12.0. The van der Waals surface area contributed by atoms with E-state index < -0.39 is 0 Å². The highest BCUT2D eigenvalue weighted by molar-refractivity contribution is 5.77. The second-order valence-electron chi connectivity index (χ2n) is 4.30. The van der Waals surface area contributed by atoms with Crippen LogP contribution >= 0.6 is 0 Å². The molecule has 0 unspecified atom stereocenters. The van der Waals surface area contributed by atoms with E-state index in [2.05, 4.69) is 0 Å². The second kappa shape index (κ2) is 5.48. The molecule has 1 amide bonds. The van der Waals surface area contributed by atoms with Gasteiger partial charge in [-0.1, -0.05) is 6.42 Å².